The van der Waals surface area contributed by atoms with Crippen LogP contribution in [-0.2, 0) is 10.0 Å². The number of rotatable bonds is 4. The molecule has 1 heterocycles. The van der Waals surface area contributed by atoms with Gasteiger partial charge in [-0.15, -0.1) is 0 Å². The van der Waals surface area contributed by atoms with E-state index >= 15 is 0 Å². The molecule has 0 radical (unpaired) electrons. The number of ether oxygens (including phenoxy) is 1. The number of hydrogen-bond acceptors (Lipinski definition) is 5. The number of sulfonamides is 1. The lowest BCUT2D eigenvalue weighted by Gasteiger charge is -2.09. The van der Waals surface area contributed by atoms with E-state index in [9.17, 15) is 8.42 Å². The second-order valence-electron chi connectivity index (χ2n) is 3.53. The quantitative estimate of drug-likeness (QED) is 0.918. The Morgan fingerprint density at radius 3 is 2.53 bits per heavy atom. The fraction of sp³-hybridized carbons (Fsp3) is 0.0909. The van der Waals surface area contributed by atoms with Crippen LogP contribution < -0.4 is 9.46 Å². The van der Waals surface area contributed by atoms with Crippen LogP contribution in [0, 0.1) is 0 Å². The van der Waals surface area contributed by atoms with Crippen molar-refractivity contribution in [1.82, 2.24) is 9.97 Å². The highest BCUT2D eigenvalue weighted by Gasteiger charge is 2.16. The lowest BCUT2D eigenvalue weighted by molar-refractivity contribution is 0.411. The van der Waals surface area contributed by atoms with Crippen molar-refractivity contribution >= 4 is 31.6 Å². The molecule has 0 atom stereocenters. The van der Waals surface area contributed by atoms with Gasteiger partial charge < -0.3 is 4.74 Å². The van der Waals surface area contributed by atoms with E-state index in [4.69, 9.17) is 4.74 Å². The van der Waals surface area contributed by atoms with Crippen molar-refractivity contribution in [2.75, 3.05) is 11.8 Å². The number of anilines is 1. The number of aromatic nitrogens is 2. The van der Waals surface area contributed by atoms with Crippen molar-refractivity contribution in [3.8, 4) is 5.75 Å². The van der Waals surface area contributed by atoms with Gasteiger partial charge in [0.25, 0.3) is 10.0 Å². The van der Waals surface area contributed by atoms with Gasteiger partial charge in [-0.05, 0) is 34.1 Å². The molecule has 2 aromatic rings. The molecule has 0 aliphatic heterocycles. The first-order valence-electron chi connectivity index (χ1n) is 5.14. The SMILES string of the molecule is COc1ccc(S(=O)(=O)Nc2cncnc2)cc1Br. The van der Waals surface area contributed by atoms with Crippen molar-refractivity contribution in [2.45, 2.75) is 4.90 Å². The van der Waals surface area contributed by atoms with E-state index in [1.54, 1.807) is 6.07 Å². The lowest BCUT2D eigenvalue weighted by Crippen LogP contribution is -2.13. The van der Waals surface area contributed by atoms with Crippen LogP contribution in [0.15, 0.2) is 46.3 Å². The molecule has 0 unspecified atom stereocenters. The molecule has 19 heavy (non-hydrogen) atoms. The zero-order chi connectivity index (χ0) is 13.9. The van der Waals surface area contributed by atoms with Gasteiger partial charge in [0.2, 0.25) is 0 Å². The molecule has 0 spiro atoms. The van der Waals surface area contributed by atoms with Gasteiger partial charge >= 0.3 is 0 Å². The Balaban J connectivity index is 2.32. The molecule has 0 saturated carbocycles. The maximum Gasteiger partial charge on any atom is 0.262 e. The highest BCUT2D eigenvalue weighted by Crippen LogP contribution is 2.28. The van der Waals surface area contributed by atoms with Crippen molar-refractivity contribution in [2.24, 2.45) is 0 Å². The standard InChI is InChI=1S/C11H10BrN3O3S/c1-18-11-3-2-9(4-10(11)12)19(16,17)15-8-5-13-7-14-6-8/h2-7,15H,1H3. The molecule has 6 nitrogen and oxygen atoms in total. The summed E-state index contributed by atoms with van der Waals surface area (Å²) >= 11 is 3.24. The summed E-state index contributed by atoms with van der Waals surface area (Å²) in [7, 11) is -2.17. The number of halogens is 1. The van der Waals surface area contributed by atoms with Gasteiger partial charge in [0.15, 0.2) is 0 Å². The van der Waals surface area contributed by atoms with Gasteiger partial charge in [0.05, 0.1) is 34.6 Å². The Labute approximate surface area is 119 Å². The van der Waals surface area contributed by atoms with Crippen LogP contribution in [0.2, 0.25) is 0 Å². The Morgan fingerprint density at radius 1 is 1.26 bits per heavy atom. The molecule has 1 N–H and O–H groups in total. The third kappa shape index (κ3) is 3.21. The third-order valence-electron chi connectivity index (χ3n) is 2.25. The second kappa shape index (κ2) is 5.54. The summed E-state index contributed by atoms with van der Waals surface area (Å²) < 4.78 is 32.2. The van der Waals surface area contributed by atoms with Crippen LogP contribution in [0.1, 0.15) is 0 Å². The highest BCUT2D eigenvalue weighted by atomic mass is 79.9. The van der Waals surface area contributed by atoms with Gasteiger partial charge in [0, 0.05) is 0 Å². The number of nitrogens with one attached hydrogen (secondary N) is 1. The molecular formula is C11H10BrN3O3S. The van der Waals surface area contributed by atoms with Crippen LogP contribution >= 0.6 is 15.9 Å². The van der Waals surface area contributed by atoms with Crippen LogP contribution in [0.3, 0.4) is 0 Å². The van der Waals surface area contributed by atoms with Crippen LogP contribution in [0.5, 0.6) is 5.75 Å². The number of methoxy groups -OCH3 is 1. The molecule has 0 amide bonds. The topological polar surface area (TPSA) is 81.2 Å². The summed E-state index contributed by atoms with van der Waals surface area (Å²) in [6, 6.07) is 4.49. The molecule has 0 saturated heterocycles. The van der Waals surface area contributed by atoms with Crippen molar-refractivity contribution in [1.29, 1.82) is 0 Å². The van der Waals surface area contributed by atoms with E-state index in [0.29, 0.717) is 15.9 Å². The smallest absolute Gasteiger partial charge is 0.262 e. The molecule has 0 aliphatic carbocycles. The van der Waals surface area contributed by atoms with Gasteiger partial charge in [-0.25, -0.2) is 18.4 Å². The van der Waals surface area contributed by atoms with E-state index in [0.717, 1.165) is 0 Å². The molecule has 1 aromatic carbocycles. The lowest BCUT2D eigenvalue weighted by atomic mass is 10.3. The van der Waals surface area contributed by atoms with Gasteiger partial charge in [0.1, 0.15) is 12.1 Å². The first-order chi connectivity index (χ1) is 9.03. The van der Waals surface area contributed by atoms with Gasteiger partial charge in [-0.1, -0.05) is 0 Å². The van der Waals surface area contributed by atoms with Crippen LogP contribution in [-0.4, -0.2) is 25.5 Å². The molecule has 0 bridgehead atoms. The number of nitrogens with zero attached hydrogens (tertiary/aromatic N) is 2. The summed E-state index contributed by atoms with van der Waals surface area (Å²) in [6.45, 7) is 0. The predicted octanol–water partition coefficient (Wildman–Crippen LogP) is 2.05. The first-order valence-corrected chi connectivity index (χ1v) is 7.42. The molecule has 2 rings (SSSR count). The van der Waals surface area contributed by atoms with Crippen molar-refractivity contribution in [3.63, 3.8) is 0 Å². The maximum atomic E-state index is 12.1. The monoisotopic (exact) mass is 343 g/mol. The number of hydrogen-bond donors (Lipinski definition) is 1. The summed E-state index contributed by atoms with van der Waals surface area (Å²) in [4.78, 5) is 7.60. The largest absolute Gasteiger partial charge is 0.496 e. The van der Waals surface area contributed by atoms with Crippen LogP contribution in [0.4, 0.5) is 5.69 Å². The van der Waals surface area contributed by atoms with E-state index in [-0.39, 0.29) is 4.90 Å². The minimum Gasteiger partial charge on any atom is -0.496 e. The number of benzene rings is 1. The van der Waals surface area contributed by atoms with E-state index in [2.05, 4.69) is 30.6 Å². The fourth-order valence-corrected chi connectivity index (χ4v) is 3.13. The minimum atomic E-state index is -3.68. The normalized spacial score (nSPS) is 11.1. The molecule has 0 aliphatic rings. The molecule has 8 heteroatoms. The second-order valence-corrected chi connectivity index (χ2v) is 6.07. The summed E-state index contributed by atoms with van der Waals surface area (Å²) in [5, 5.41) is 0. The van der Waals surface area contributed by atoms with Gasteiger partial charge in [-0.2, -0.15) is 0 Å². The van der Waals surface area contributed by atoms with Gasteiger partial charge in [-0.3, -0.25) is 4.72 Å². The summed E-state index contributed by atoms with van der Waals surface area (Å²) in [6.07, 6.45) is 4.08. The van der Waals surface area contributed by atoms with Crippen molar-refractivity contribution in [3.05, 3.63) is 41.4 Å². The highest BCUT2D eigenvalue weighted by molar-refractivity contribution is 9.10. The average Bonchev–Trinajstić information content (AvgIpc) is 2.39. The molecule has 0 fully saturated rings. The zero-order valence-electron chi connectivity index (χ0n) is 9.87. The van der Waals surface area contributed by atoms with Crippen molar-refractivity contribution < 1.29 is 13.2 Å². The summed E-state index contributed by atoms with van der Waals surface area (Å²) in [5.41, 5.74) is 0.300. The fourth-order valence-electron chi connectivity index (χ4n) is 1.38. The Morgan fingerprint density at radius 2 is 1.95 bits per heavy atom. The van der Waals surface area contributed by atoms with E-state index in [1.165, 1.54) is 38.0 Å². The molecule has 100 valence electrons. The zero-order valence-corrected chi connectivity index (χ0v) is 12.3. The van der Waals surface area contributed by atoms with E-state index < -0.39 is 10.0 Å². The minimum absolute atomic E-state index is 0.115. The Hall–Kier alpha value is -1.67. The molecular weight excluding hydrogens is 334 g/mol. The third-order valence-corrected chi connectivity index (χ3v) is 4.25. The summed E-state index contributed by atoms with van der Waals surface area (Å²) in [5.74, 6) is 0.557. The average molecular weight is 344 g/mol. The Kier molecular flexibility index (Phi) is 4.01. The molecule has 1 aromatic heterocycles. The Bertz CT molecular complexity index is 677. The van der Waals surface area contributed by atoms with E-state index in [1.807, 2.05) is 0 Å². The predicted molar refractivity (Wildman–Crippen MR) is 73.5 cm³/mol. The maximum absolute atomic E-state index is 12.1. The van der Waals surface area contributed by atoms with Crippen LogP contribution in [0.25, 0.3) is 0 Å². The first kappa shape index (κ1) is 13.8.